The number of carbonyl (C=O) groups is 1. The summed E-state index contributed by atoms with van der Waals surface area (Å²) >= 11 is 12.1. The third kappa shape index (κ3) is 8.16. The minimum atomic E-state index is -0.486. The molecule has 7 nitrogen and oxygen atoms in total. The molecule has 3 N–H and O–H groups in total. The van der Waals surface area contributed by atoms with Crippen molar-refractivity contribution in [1.29, 1.82) is 0 Å². The van der Waals surface area contributed by atoms with Gasteiger partial charge in [0.05, 0.1) is 5.69 Å². The fraction of sp³-hybridized carbons (Fsp3) is 0.241. The average Bonchev–Trinajstić information content (AvgIpc) is 2.91. The van der Waals surface area contributed by atoms with Crippen LogP contribution in [0.1, 0.15) is 31.4 Å². The molecular weight excluding hydrogens is 519 g/mol. The van der Waals surface area contributed by atoms with Crippen molar-refractivity contribution < 1.29 is 4.79 Å². The second-order valence-electron chi connectivity index (χ2n) is 9.36. The molecule has 0 aliphatic carbocycles. The molecule has 4 aromatic rings. The zero-order valence-electron chi connectivity index (χ0n) is 21.3. The molecule has 0 fully saturated rings. The zero-order chi connectivity index (χ0) is 26.9. The largest absolute Gasteiger partial charge is 0.358 e. The first-order chi connectivity index (χ1) is 18.4. The number of benzene rings is 2. The van der Waals surface area contributed by atoms with Crippen LogP contribution in [0.3, 0.4) is 0 Å². The Bertz CT molecular complexity index is 1350. The molecule has 196 valence electrons. The predicted molar refractivity (Wildman–Crippen MR) is 154 cm³/mol. The highest BCUT2D eigenvalue weighted by atomic mass is 35.5. The van der Waals surface area contributed by atoms with E-state index in [0.717, 1.165) is 16.7 Å². The van der Waals surface area contributed by atoms with Crippen LogP contribution >= 0.6 is 23.2 Å². The van der Waals surface area contributed by atoms with Crippen LogP contribution < -0.4 is 16.0 Å². The number of nitrogens with one attached hydrogen (secondary N) is 3. The van der Waals surface area contributed by atoms with E-state index in [0.29, 0.717) is 47.0 Å². The van der Waals surface area contributed by atoms with Crippen LogP contribution in [-0.2, 0) is 17.9 Å². The quantitative estimate of drug-likeness (QED) is 0.195. The fourth-order valence-corrected chi connectivity index (χ4v) is 4.23. The smallest absolute Gasteiger partial charge is 0.242 e. The van der Waals surface area contributed by atoms with Gasteiger partial charge in [-0.25, -0.2) is 4.98 Å². The van der Waals surface area contributed by atoms with E-state index in [-0.39, 0.29) is 11.8 Å². The number of aromatic nitrogens is 3. The summed E-state index contributed by atoms with van der Waals surface area (Å²) in [5.41, 5.74) is 3.51. The summed E-state index contributed by atoms with van der Waals surface area (Å²) in [5, 5.41) is 11.0. The van der Waals surface area contributed by atoms with Gasteiger partial charge < -0.3 is 16.0 Å². The van der Waals surface area contributed by atoms with Crippen molar-refractivity contribution in [2.45, 2.75) is 39.4 Å². The van der Waals surface area contributed by atoms with Crippen molar-refractivity contribution in [2.75, 3.05) is 10.6 Å². The second-order valence-corrected chi connectivity index (χ2v) is 10.2. The molecule has 0 saturated heterocycles. The summed E-state index contributed by atoms with van der Waals surface area (Å²) in [6.07, 6.45) is 4.09. The van der Waals surface area contributed by atoms with Crippen molar-refractivity contribution in [3.05, 3.63) is 100 Å². The molecule has 9 heteroatoms. The summed E-state index contributed by atoms with van der Waals surface area (Å²) in [5.74, 6) is 1.15. The first kappa shape index (κ1) is 27.4. The number of pyridine rings is 1. The van der Waals surface area contributed by atoms with Crippen LogP contribution in [-0.4, -0.2) is 26.9 Å². The van der Waals surface area contributed by atoms with Gasteiger partial charge in [-0.3, -0.25) is 9.78 Å². The maximum absolute atomic E-state index is 13.2. The van der Waals surface area contributed by atoms with E-state index in [1.54, 1.807) is 12.4 Å². The van der Waals surface area contributed by atoms with Gasteiger partial charge in [0.15, 0.2) is 0 Å². The Morgan fingerprint density at radius 3 is 2.42 bits per heavy atom. The third-order valence-corrected chi connectivity index (χ3v) is 6.24. The van der Waals surface area contributed by atoms with E-state index in [4.69, 9.17) is 28.2 Å². The van der Waals surface area contributed by atoms with Crippen molar-refractivity contribution >= 4 is 40.9 Å². The first-order valence-corrected chi connectivity index (χ1v) is 13.2. The van der Waals surface area contributed by atoms with Gasteiger partial charge >= 0.3 is 0 Å². The lowest BCUT2D eigenvalue weighted by atomic mass is 10.0. The van der Waals surface area contributed by atoms with Crippen molar-refractivity contribution in [1.82, 2.24) is 20.3 Å². The van der Waals surface area contributed by atoms with Gasteiger partial charge in [0.2, 0.25) is 11.9 Å². The van der Waals surface area contributed by atoms with Gasteiger partial charge in [-0.2, -0.15) is 4.98 Å². The molecule has 0 aliphatic heterocycles. The number of nitrogens with zero attached hydrogens (tertiary/aromatic N) is 3. The van der Waals surface area contributed by atoms with Gasteiger partial charge in [0.25, 0.3) is 0 Å². The molecule has 0 aliphatic rings. The van der Waals surface area contributed by atoms with Crippen molar-refractivity contribution in [2.24, 2.45) is 5.92 Å². The molecular formula is C29H30Cl2N6O. The number of rotatable bonds is 11. The molecule has 0 spiro atoms. The Labute approximate surface area is 233 Å². The number of anilines is 2. The topological polar surface area (TPSA) is 91.8 Å². The van der Waals surface area contributed by atoms with E-state index in [9.17, 15) is 4.79 Å². The molecule has 2 aromatic carbocycles. The normalized spacial score (nSPS) is 11.7. The lowest BCUT2D eigenvalue weighted by molar-refractivity contribution is -0.122. The fourth-order valence-electron chi connectivity index (χ4n) is 3.89. The summed E-state index contributed by atoms with van der Waals surface area (Å²) < 4.78 is 0. The highest BCUT2D eigenvalue weighted by Gasteiger charge is 2.21. The molecule has 0 bridgehead atoms. The third-order valence-electron chi connectivity index (χ3n) is 5.75. The van der Waals surface area contributed by atoms with E-state index >= 15 is 0 Å². The lowest BCUT2D eigenvalue weighted by Crippen LogP contribution is -2.40. The summed E-state index contributed by atoms with van der Waals surface area (Å²) in [6, 6.07) is 20.2. The first-order valence-electron chi connectivity index (χ1n) is 12.4. The predicted octanol–water partition coefficient (Wildman–Crippen LogP) is 6.60. The Hall–Kier alpha value is -3.68. The number of hydrogen-bond acceptors (Lipinski definition) is 6. The number of halogens is 2. The summed E-state index contributed by atoms with van der Waals surface area (Å²) in [7, 11) is 0. The minimum absolute atomic E-state index is 0.108. The Morgan fingerprint density at radius 2 is 1.71 bits per heavy atom. The van der Waals surface area contributed by atoms with E-state index in [1.165, 1.54) is 0 Å². The SMILES string of the molecule is CC(C)C[C@@H](Nc1cc(-c2cccnc2)nc(NCc2cccc(Cl)c2)n1)C(=O)NCc1ccc(Cl)cc1. The molecule has 1 amide bonds. The van der Waals surface area contributed by atoms with Crippen molar-refractivity contribution in [3.8, 4) is 11.3 Å². The number of amides is 1. The molecule has 4 rings (SSSR count). The monoisotopic (exact) mass is 548 g/mol. The Balaban J connectivity index is 1.55. The molecule has 0 radical (unpaired) electrons. The maximum Gasteiger partial charge on any atom is 0.242 e. The molecule has 38 heavy (non-hydrogen) atoms. The molecule has 2 heterocycles. The van der Waals surface area contributed by atoms with Crippen LogP contribution in [0.25, 0.3) is 11.3 Å². The van der Waals surface area contributed by atoms with Gasteiger partial charge in [-0.05, 0) is 59.9 Å². The van der Waals surface area contributed by atoms with Crippen LogP contribution in [0.5, 0.6) is 0 Å². The summed E-state index contributed by atoms with van der Waals surface area (Å²) in [4.78, 5) is 26.8. The van der Waals surface area contributed by atoms with Gasteiger partial charge in [0.1, 0.15) is 11.9 Å². The highest BCUT2D eigenvalue weighted by Crippen LogP contribution is 2.23. The summed E-state index contributed by atoms with van der Waals surface area (Å²) in [6.45, 7) is 5.07. The second kappa shape index (κ2) is 13.2. The van der Waals surface area contributed by atoms with Gasteiger partial charge in [-0.1, -0.05) is 61.3 Å². The minimum Gasteiger partial charge on any atom is -0.358 e. The van der Waals surface area contributed by atoms with Crippen LogP contribution in [0.15, 0.2) is 79.1 Å². The van der Waals surface area contributed by atoms with E-state index in [1.807, 2.05) is 66.7 Å². The number of carbonyl (C=O) groups excluding carboxylic acids is 1. The van der Waals surface area contributed by atoms with Crippen LogP contribution in [0.4, 0.5) is 11.8 Å². The van der Waals surface area contributed by atoms with Crippen molar-refractivity contribution in [3.63, 3.8) is 0 Å². The lowest BCUT2D eigenvalue weighted by Gasteiger charge is -2.21. The van der Waals surface area contributed by atoms with E-state index in [2.05, 4.69) is 39.8 Å². The van der Waals surface area contributed by atoms with Gasteiger partial charge in [0, 0.05) is 47.2 Å². The molecule has 1 atom stereocenters. The van der Waals surface area contributed by atoms with Gasteiger partial charge in [-0.15, -0.1) is 0 Å². The average molecular weight is 550 g/mol. The highest BCUT2D eigenvalue weighted by molar-refractivity contribution is 6.30. The number of hydrogen-bond donors (Lipinski definition) is 3. The standard InChI is InChI=1S/C29H30Cl2N6O/c1-19(2)13-26(28(38)33-16-20-8-10-23(30)11-9-20)35-27-15-25(22-6-4-12-32-18-22)36-29(37-27)34-17-21-5-3-7-24(31)14-21/h3-12,14-15,18-19,26H,13,16-17H2,1-2H3,(H,33,38)(H2,34,35,36,37)/t26-/m1/s1. The molecule has 0 saturated carbocycles. The van der Waals surface area contributed by atoms with E-state index < -0.39 is 6.04 Å². The molecule has 2 aromatic heterocycles. The zero-order valence-corrected chi connectivity index (χ0v) is 22.8. The van der Waals surface area contributed by atoms with Crippen LogP contribution in [0, 0.1) is 5.92 Å². The maximum atomic E-state index is 13.2. The molecule has 0 unspecified atom stereocenters. The van der Waals surface area contributed by atoms with Crippen LogP contribution in [0.2, 0.25) is 10.0 Å². The Kier molecular flexibility index (Phi) is 9.51. The Morgan fingerprint density at radius 1 is 0.895 bits per heavy atom.